The lowest BCUT2D eigenvalue weighted by Gasteiger charge is -2.32. The molecule has 1 aliphatic carbocycles. The summed E-state index contributed by atoms with van der Waals surface area (Å²) in [6.45, 7) is 0. The maximum Gasteiger partial charge on any atom is 0.0274 e. The van der Waals surface area contributed by atoms with Crippen LogP contribution in [0.3, 0.4) is 0 Å². The number of alkyl halides is 4. The Morgan fingerprint density at radius 1 is 1.17 bits per heavy atom. The smallest absolute Gasteiger partial charge is 0.0274 e. The molecule has 0 N–H and O–H groups in total. The highest BCUT2D eigenvalue weighted by atomic mass is 79.9. The van der Waals surface area contributed by atoms with Crippen molar-refractivity contribution in [3.8, 4) is 0 Å². The van der Waals surface area contributed by atoms with E-state index < -0.39 is 0 Å². The van der Waals surface area contributed by atoms with Gasteiger partial charge >= 0.3 is 0 Å². The first-order valence-corrected chi connectivity index (χ1v) is 8.00. The molecule has 0 spiro atoms. The third-order valence-electron chi connectivity index (χ3n) is 2.39. The summed E-state index contributed by atoms with van der Waals surface area (Å²) >= 11 is 14.6. The molecule has 0 radical (unpaired) electrons. The first-order valence-electron chi connectivity index (χ1n) is 4.13. The monoisotopic (exact) mass is 424 g/mol. The van der Waals surface area contributed by atoms with Gasteiger partial charge in [-0.2, -0.15) is 0 Å². The quantitative estimate of drug-likeness (QED) is 0.570. The zero-order valence-electron chi connectivity index (χ0n) is 6.65. The molecule has 0 saturated heterocycles. The first kappa shape index (κ1) is 12.0. The van der Waals surface area contributed by atoms with Gasteiger partial charge in [-0.1, -0.05) is 63.7 Å². The molecule has 0 nitrogen and oxygen atoms in total. The van der Waals surface area contributed by atoms with Crippen molar-refractivity contribution < 1.29 is 0 Å². The third-order valence-corrected chi connectivity index (χ3v) is 7.85. The summed E-state index contributed by atoms with van der Waals surface area (Å²) in [6.07, 6.45) is 3.90. The van der Waals surface area contributed by atoms with Crippen LogP contribution in [-0.4, -0.2) is 19.8 Å². The largest absolute Gasteiger partial charge is 0.0916 e. The van der Waals surface area contributed by atoms with Crippen LogP contribution in [0.15, 0.2) is 0 Å². The molecule has 0 heterocycles. The fraction of sp³-hybridized carbons (Fsp3) is 1.00. The molecule has 0 aromatic carbocycles. The van der Waals surface area contributed by atoms with Gasteiger partial charge in [-0.05, 0) is 25.2 Å². The Morgan fingerprint density at radius 3 is 2.33 bits per heavy atom. The molecule has 72 valence electrons. The van der Waals surface area contributed by atoms with Gasteiger partial charge in [-0.25, -0.2) is 0 Å². The zero-order chi connectivity index (χ0) is 9.14. The van der Waals surface area contributed by atoms with E-state index in [9.17, 15) is 0 Å². The molecule has 0 amide bonds. The molecule has 1 fully saturated rings. The maximum atomic E-state index is 3.71. The standard InChI is InChI=1S/C8H12Br4/c9-4-8(12)5-1-2-6(10)7(11)3-5/h5-8H,1-4H2/t5-,6-,7-,8+/m1/s1. The molecule has 0 aliphatic heterocycles. The normalized spacial score (nSPS) is 39.5. The number of hydrogen-bond acceptors (Lipinski definition) is 0. The second kappa shape index (κ2) is 5.72. The van der Waals surface area contributed by atoms with E-state index in [1.165, 1.54) is 19.3 Å². The second-order valence-electron chi connectivity index (χ2n) is 3.28. The third kappa shape index (κ3) is 3.25. The Bertz CT molecular complexity index is 139. The van der Waals surface area contributed by atoms with Gasteiger partial charge < -0.3 is 0 Å². The van der Waals surface area contributed by atoms with Gasteiger partial charge in [0.1, 0.15) is 0 Å². The zero-order valence-corrected chi connectivity index (χ0v) is 13.0. The SMILES string of the molecule is BrC[C@H](Br)[C@@H]1CC[C@@H](Br)[C@H](Br)C1. The Morgan fingerprint density at radius 2 is 1.83 bits per heavy atom. The Labute approximate surface area is 108 Å². The summed E-state index contributed by atoms with van der Waals surface area (Å²) in [7, 11) is 0. The maximum absolute atomic E-state index is 3.71. The summed E-state index contributed by atoms with van der Waals surface area (Å²) in [5, 5.41) is 1.06. The lowest BCUT2D eigenvalue weighted by atomic mass is 9.87. The molecule has 0 bridgehead atoms. The summed E-state index contributed by atoms with van der Waals surface area (Å²) in [4.78, 5) is 1.96. The van der Waals surface area contributed by atoms with Crippen LogP contribution in [0, 0.1) is 5.92 Å². The minimum Gasteiger partial charge on any atom is -0.0916 e. The molecule has 0 aromatic rings. The van der Waals surface area contributed by atoms with Crippen molar-refractivity contribution in [3.05, 3.63) is 0 Å². The molecule has 1 rings (SSSR count). The van der Waals surface area contributed by atoms with Gasteiger partial charge in [0, 0.05) is 19.8 Å². The van der Waals surface area contributed by atoms with Crippen LogP contribution in [-0.2, 0) is 0 Å². The molecule has 1 aliphatic rings. The summed E-state index contributed by atoms with van der Waals surface area (Å²) < 4.78 is 0. The number of halogens is 4. The summed E-state index contributed by atoms with van der Waals surface area (Å²) in [5.41, 5.74) is 0. The molecule has 4 atom stereocenters. The van der Waals surface area contributed by atoms with Crippen LogP contribution >= 0.6 is 63.7 Å². The van der Waals surface area contributed by atoms with Crippen LogP contribution in [0.2, 0.25) is 0 Å². The van der Waals surface area contributed by atoms with Crippen LogP contribution in [0.25, 0.3) is 0 Å². The molecule has 12 heavy (non-hydrogen) atoms. The van der Waals surface area contributed by atoms with E-state index >= 15 is 0 Å². The van der Waals surface area contributed by atoms with E-state index in [0.717, 1.165) is 11.2 Å². The van der Waals surface area contributed by atoms with E-state index in [1.54, 1.807) is 0 Å². The van der Waals surface area contributed by atoms with Crippen molar-refractivity contribution in [2.75, 3.05) is 5.33 Å². The van der Waals surface area contributed by atoms with Gasteiger partial charge in [0.2, 0.25) is 0 Å². The minimum absolute atomic E-state index is 0.637. The fourth-order valence-electron chi connectivity index (χ4n) is 1.56. The Hall–Kier alpha value is 1.92. The average molecular weight is 428 g/mol. The number of hydrogen-bond donors (Lipinski definition) is 0. The highest BCUT2D eigenvalue weighted by Crippen LogP contribution is 2.37. The van der Waals surface area contributed by atoms with Crippen molar-refractivity contribution in [3.63, 3.8) is 0 Å². The van der Waals surface area contributed by atoms with E-state index in [0.29, 0.717) is 14.5 Å². The predicted octanol–water partition coefficient (Wildman–Crippen LogP) is 4.47. The lowest BCUT2D eigenvalue weighted by molar-refractivity contribution is 0.383. The van der Waals surface area contributed by atoms with Crippen LogP contribution in [0.5, 0.6) is 0 Å². The van der Waals surface area contributed by atoms with Crippen LogP contribution in [0.4, 0.5) is 0 Å². The van der Waals surface area contributed by atoms with Crippen molar-refractivity contribution in [2.24, 2.45) is 5.92 Å². The summed E-state index contributed by atoms with van der Waals surface area (Å²) in [6, 6.07) is 0. The summed E-state index contributed by atoms with van der Waals surface area (Å²) in [5.74, 6) is 0.822. The van der Waals surface area contributed by atoms with Crippen molar-refractivity contribution in [1.29, 1.82) is 0 Å². The van der Waals surface area contributed by atoms with E-state index in [-0.39, 0.29) is 0 Å². The van der Waals surface area contributed by atoms with Gasteiger partial charge in [0.05, 0.1) is 0 Å². The molecule has 1 saturated carbocycles. The van der Waals surface area contributed by atoms with Gasteiger partial charge in [0.15, 0.2) is 0 Å². The minimum atomic E-state index is 0.637. The molecular formula is C8H12Br4. The Kier molecular flexibility index (Phi) is 5.71. The lowest BCUT2D eigenvalue weighted by Crippen LogP contribution is -2.30. The van der Waals surface area contributed by atoms with Crippen molar-refractivity contribution in [1.82, 2.24) is 0 Å². The van der Waals surface area contributed by atoms with Crippen LogP contribution < -0.4 is 0 Å². The van der Waals surface area contributed by atoms with Crippen molar-refractivity contribution in [2.45, 2.75) is 33.7 Å². The molecule has 0 unspecified atom stereocenters. The highest BCUT2D eigenvalue weighted by Gasteiger charge is 2.30. The topological polar surface area (TPSA) is 0 Å². The van der Waals surface area contributed by atoms with Gasteiger partial charge in [-0.15, -0.1) is 0 Å². The van der Waals surface area contributed by atoms with E-state index in [1.807, 2.05) is 0 Å². The Balaban J connectivity index is 2.39. The number of rotatable bonds is 2. The first-order chi connectivity index (χ1) is 5.65. The van der Waals surface area contributed by atoms with Crippen molar-refractivity contribution >= 4 is 63.7 Å². The van der Waals surface area contributed by atoms with E-state index in [2.05, 4.69) is 63.7 Å². The van der Waals surface area contributed by atoms with E-state index in [4.69, 9.17) is 0 Å². The second-order valence-corrected chi connectivity index (χ2v) is 7.45. The molecule has 4 heteroatoms. The van der Waals surface area contributed by atoms with Gasteiger partial charge in [-0.3, -0.25) is 0 Å². The predicted molar refractivity (Wildman–Crippen MR) is 69.3 cm³/mol. The molecular weight excluding hydrogens is 416 g/mol. The van der Waals surface area contributed by atoms with Gasteiger partial charge in [0.25, 0.3) is 0 Å². The molecule has 0 aromatic heterocycles. The average Bonchev–Trinajstić information content (AvgIpc) is 2.08. The fourth-order valence-corrected chi connectivity index (χ4v) is 3.80. The highest BCUT2D eigenvalue weighted by molar-refractivity contribution is 9.12. The van der Waals surface area contributed by atoms with Crippen LogP contribution in [0.1, 0.15) is 19.3 Å².